The van der Waals surface area contributed by atoms with E-state index in [0.29, 0.717) is 67.6 Å². The number of hydrogen-bond donors (Lipinski definition) is 8. The lowest BCUT2D eigenvalue weighted by molar-refractivity contribution is -0.137. The van der Waals surface area contributed by atoms with Gasteiger partial charge in [-0.1, -0.05) is 53.6 Å². The number of amides is 4. The molecule has 0 saturated heterocycles. The second-order valence-electron chi connectivity index (χ2n) is 29.8. The molecule has 9 rings (SSSR count). The number of carbonyl (C=O) groups is 4. The summed E-state index contributed by atoms with van der Waals surface area (Å²) in [6.45, 7) is 27.8. The molecule has 0 atom stereocenters. The number of alkyl carbamates (subject to hydrolysis) is 4. The van der Waals surface area contributed by atoms with Gasteiger partial charge in [-0.3, -0.25) is 4.18 Å². The maximum absolute atomic E-state index is 12.5. The minimum Gasteiger partial charge on any atom is -0.444 e. The van der Waals surface area contributed by atoms with Gasteiger partial charge in [0.2, 0.25) is 9.05 Å². The average molecular weight is 1690 g/mol. The van der Waals surface area contributed by atoms with Crippen LogP contribution in [-0.2, 0) is 68.2 Å². The topological polar surface area (TPSA) is 366 Å². The molecule has 8 N–H and O–H groups in total. The van der Waals surface area contributed by atoms with Crippen molar-refractivity contribution in [1.82, 2.24) is 21.3 Å². The largest absolute Gasteiger partial charge is 0.444 e. The zero-order valence-electron chi connectivity index (χ0n) is 63.8. The van der Waals surface area contributed by atoms with Crippen LogP contribution >= 0.6 is 59.9 Å². The third-order valence-corrected chi connectivity index (χ3v) is 21.2. The summed E-state index contributed by atoms with van der Waals surface area (Å²) in [7, 11) is -8.12. The fourth-order valence-corrected chi connectivity index (χ4v) is 16.0. The highest BCUT2D eigenvalue weighted by atomic mass is 35.7. The number of benzene rings is 4. The Kier molecular flexibility index (Phi) is 42.2. The maximum Gasteiger partial charge on any atom is 0.416 e. The molecular formula is C71H111Cl3F3N5O19S6. The molecule has 5 aliphatic rings. The molecule has 0 spiro atoms. The Morgan fingerprint density at radius 3 is 1.16 bits per heavy atom. The number of aryl methyl sites for hydroxylation is 3. The van der Waals surface area contributed by atoms with Crippen molar-refractivity contribution < 1.29 is 99.4 Å². The van der Waals surface area contributed by atoms with Gasteiger partial charge < -0.3 is 56.2 Å². The van der Waals surface area contributed by atoms with Crippen LogP contribution in [0.3, 0.4) is 0 Å². The van der Waals surface area contributed by atoms with Crippen molar-refractivity contribution in [3.05, 3.63) is 119 Å². The fourth-order valence-electron chi connectivity index (χ4n) is 9.72. The Hall–Kier alpha value is -5.04. The minimum atomic E-state index is -4.54. The Balaban J connectivity index is 0.00000125. The molecule has 0 unspecified atom stereocenters. The summed E-state index contributed by atoms with van der Waals surface area (Å²) >= 11 is 6.05. The smallest absolute Gasteiger partial charge is 0.416 e. The number of ether oxygens (including phenoxy) is 4. The van der Waals surface area contributed by atoms with Crippen LogP contribution < -0.4 is 27.0 Å². The summed E-state index contributed by atoms with van der Waals surface area (Å²) in [5, 5.41) is 26.4. The van der Waals surface area contributed by atoms with E-state index in [1.807, 2.05) is 84.5 Å². The maximum atomic E-state index is 12.5. The average Bonchev–Trinajstić information content (AvgIpc) is 0.783. The van der Waals surface area contributed by atoms with Gasteiger partial charge >= 0.3 is 30.5 Å². The van der Waals surface area contributed by atoms with Crippen LogP contribution in [-0.4, -0.2) is 168 Å². The Morgan fingerprint density at radius 2 is 0.832 bits per heavy atom. The summed E-state index contributed by atoms with van der Waals surface area (Å²) in [5.41, 5.74) is 6.05. The quantitative estimate of drug-likeness (QED) is 0.0283. The first-order valence-corrected chi connectivity index (χ1v) is 42.6. The Bertz CT molecular complexity index is 3880. The number of aliphatic hydroxyl groups is 2. The van der Waals surface area contributed by atoms with E-state index in [1.54, 1.807) is 59.7 Å². The van der Waals surface area contributed by atoms with Crippen LogP contribution in [0.4, 0.5) is 32.3 Å². The lowest BCUT2D eigenvalue weighted by atomic mass is 9.90. The molecule has 107 heavy (non-hydrogen) atoms. The van der Waals surface area contributed by atoms with Crippen molar-refractivity contribution in [2.24, 2.45) is 5.73 Å². The molecule has 0 heterocycles. The van der Waals surface area contributed by atoms with Crippen LogP contribution in [0.15, 0.2) is 117 Å². The number of rotatable bonds is 12. The predicted octanol–water partition coefficient (Wildman–Crippen LogP) is 13.9. The van der Waals surface area contributed by atoms with Crippen molar-refractivity contribution in [2.75, 3.05) is 19.6 Å². The molecule has 0 radical (unpaired) electrons. The first-order chi connectivity index (χ1) is 47.8. The number of hydrogen-bond acceptors (Lipinski definition) is 22. The van der Waals surface area contributed by atoms with E-state index in [9.17, 15) is 66.0 Å². The lowest BCUT2D eigenvalue weighted by Gasteiger charge is -2.35. The summed E-state index contributed by atoms with van der Waals surface area (Å²) in [4.78, 5) is 48.2. The van der Waals surface area contributed by atoms with Crippen LogP contribution in [0.2, 0.25) is 0 Å². The van der Waals surface area contributed by atoms with E-state index >= 15 is 0 Å². The Labute approximate surface area is 658 Å². The third-order valence-electron chi connectivity index (χ3n) is 14.7. The van der Waals surface area contributed by atoms with E-state index in [0.717, 1.165) is 55.1 Å². The number of sulfone groups is 2. The van der Waals surface area contributed by atoms with Gasteiger partial charge in [-0.25, -0.2) is 44.4 Å². The molecule has 0 aliphatic heterocycles. The van der Waals surface area contributed by atoms with Gasteiger partial charge in [0.25, 0.3) is 10.1 Å². The van der Waals surface area contributed by atoms with E-state index in [1.165, 1.54) is 22.1 Å². The van der Waals surface area contributed by atoms with Gasteiger partial charge in [-0.2, -0.15) is 21.6 Å². The number of nitrogens with two attached hydrogens (primary N) is 1. The summed E-state index contributed by atoms with van der Waals surface area (Å²) in [6, 6.07) is 27.3. The lowest BCUT2D eigenvalue weighted by Crippen LogP contribution is -2.50. The third kappa shape index (κ3) is 44.0. The van der Waals surface area contributed by atoms with Crippen molar-refractivity contribution in [2.45, 2.75) is 274 Å². The van der Waals surface area contributed by atoms with Gasteiger partial charge in [0.05, 0.1) is 50.6 Å². The predicted molar refractivity (Wildman–Crippen MR) is 420 cm³/mol. The van der Waals surface area contributed by atoms with Crippen LogP contribution in [0.25, 0.3) is 0 Å². The van der Waals surface area contributed by atoms with Gasteiger partial charge in [-0.15, -0.1) is 49.2 Å². The first-order valence-electron chi connectivity index (χ1n) is 33.7. The van der Waals surface area contributed by atoms with Gasteiger partial charge in [0.1, 0.15) is 22.4 Å². The summed E-state index contributed by atoms with van der Waals surface area (Å²) in [5.74, 6) is 0. The first kappa shape index (κ1) is 102. The molecule has 5 saturated carbocycles. The highest BCUT2D eigenvalue weighted by Crippen LogP contribution is 2.38. The standard InChI is InChI=1S/C16H23NO4S.C16H23NO2S.C11H12F3NO2S.C10H19NO5S.C9H17NO3.C7H8S.CH3ClO2S.CH4O.2ClH/c1-11-6-5-7-13(8-11)22(19,20)14-9-12(10-14)17-15(18)21-16(2,3)4;1-11-6-5-7-13(8-11)20-14-9-12(10-14)17-15(18)19-16(2,3)4;12-11(13,14)7-2-1-3-9(4-7)18(16,17)10-5-8(15)6-10;1-10(2,3)15-9(12)11-7-5-8(6-7)16-17(4,13)14;1-9(2,3)13-8(12)10-6-4-7(11)5-6;1-6-3-2-4-7(8)5-6;1-5(2,3)4;1-2;;/h5-8,12,14H,9-10H2,1-4H3,(H,17,18);5-8,12,14H,9-10H2,1-4H3,(H,17,18);1-4,8,10H,5-6,15H2;7-8H,5-6H2,1-4H3,(H,11,12);6-7,11H,4-5H2,1-3H3,(H,10,12);2-5,8H,1H3;1H3;2H,1H3;2*1H. The zero-order chi connectivity index (χ0) is 80.7. The number of carbonyl (C=O) groups excluding carboxylic acids is 4. The second-order valence-corrected chi connectivity index (χ2v) is 40.8. The van der Waals surface area contributed by atoms with E-state index in [2.05, 4.69) is 88.8 Å². The molecule has 4 aromatic carbocycles. The zero-order valence-corrected chi connectivity index (χ0v) is 71.2. The molecule has 36 heteroatoms. The molecule has 4 amide bonds. The number of thioether (sulfide) groups is 1. The molecule has 0 bridgehead atoms. The highest BCUT2D eigenvalue weighted by molar-refractivity contribution is 8.13. The van der Waals surface area contributed by atoms with Crippen LogP contribution in [0.1, 0.15) is 170 Å². The van der Waals surface area contributed by atoms with E-state index in [-0.39, 0.29) is 78.2 Å². The van der Waals surface area contributed by atoms with E-state index < -0.39 is 102 Å². The van der Waals surface area contributed by atoms with E-state index in [4.69, 9.17) is 39.1 Å². The van der Waals surface area contributed by atoms with Crippen molar-refractivity contribution >= 4 is 123 Å². The molecule has 24 nitrogen and oxygen atoms in total. The molecule has 612 valence electrons. The van der Waals surface area contributed by atoms with Crippen LogP contribution in [0.5, 0.6) is 0 Å². The van der Waals surface area contributed by atoms with Gasteiger partial charge in [0, 0.05) is 63.0 Å². The number of thiol groups is 1. The number of halogens is 6. The van der Waals surface area contributed by atoms with Crippen molar-refractivity contribution in [3.63, 3.8) is 0 Å². The molecule has 5 aliphatic carbocycles. The molecule has 5 fully saturated rings. The number of nitrogens with one attached hydrogen (secondary N) is 4. The summed E-state index contributed by atoms with van der Waals surface area (Å²) < 4.78 is 152. The molecular weight excluding hydrogens is 1580 g/mol. The monoisotopic (exact) mass is 1690 g/mol. The van der Waals surface area contributed by atoms with Gasteiger partial charge in [-0.05, 0) is 228 Å². The number of aliphatic hydroxyl groups excluding tert-OH is 2. The number of alkyl halides is 3. The SMILES string of the molecule is CC(C)(C)OC(=O)NC1CC(O)C1.CC(C)(C)OC(=O)NC1CC(OS(C)(=O)=O)C1.CO.CS(=O)(=O)Cl.Cc1cccc(S(=O)(=O)C2CC(NC(=O)OC(C)(C)C)C2)c1.Cc1cccc(S)c1.Cc1cccc(SC2CC(NC(=O)OC(C)(C)C)C2)c1.Cl.Cl.NC1CC(S(=O)(=O)c2cccc(C(F)(F)F)c2)C1. The normalized spacial score (nSPS) is 21.4. The van der Waals surface area contributed by atoms with Gasteiger partial charge in [0.15, 0.2) is 19.7 Å². The Morgan fingerprint density at radius 1 is 0.505 bits per heavy atom. The fraction of sp³-hybridized carbons (Fsp3) is 0.606. The second kappa shape index (κ2) is 44.3. The van der Waals surface area contributed by atoms with Crippen LogP contribution in [0, 0.1) is 20.8 Å². The highest BCUT2D eigenvalue weighted by Gasteiger charge is 2.42. The minimum absolute atomic E-state index is 0. The summed E-state index contributed by atoms with van der Waals surface area (Å²) in [6.07, 6.45) is 0.882. The molecule has 0 aromatic heterocycles. The molecule has 4 aromatic rings. The van der Waals surface area contributed by atoms with Crippen molar-refractivity contribution in [1.29, 1.82) is 0 Å². The van der Waals surface area contributed by atoms with Crippen molar-refractivity contribution in [3.8, 4) is 0 Å².